The van der Waals surface area contributed by atoms with Crippen LogP contribution in [0.5, 0.6) is 0 Å². The Morgan fingerprint density at radius 2 is 1.88 bits per heavy atom. The SMILES string of the molecule is CC(=O)N(CCC(=O)Nc1ccc(F)cc1)CCN1CCOCC1. The maximum absolute atomic E-state index is 12.8. The van der Waals surface area contributed by atoms with Crippen LogP contribution in [0, 0.1) is 5.82 Å². The van der Waals surface area contributed by atoms with Crippen molar-refractivity contribution >= 4 is 17.5 Å². The molecule has 1 aromatic rings. The van der Waals surface area contributed by atoms with E-state index >= 15 is 0 Å². The lowest BCUT2D eigenvalue weighted by Gasteiger charge is -2.29. The predicted molar refractivity (Wildman–Crippen MR) is 89.2 cm³/mol. The summed E-state index contributed by atoms with van der Waals surface area (Å²) in [5, 5.41) is 2.70. The Bertz CT molecular complexity index is 545. The number of rotatable bonds is 7. The van der Waals surface area contributed by atoms with Crippen LogP contribution in [0.3, 0.4) is 0 Å². The third-order valence-electron chi connectivity index (χ3n) is 3.97. The number of carbonyl (C=O) groups is 2. The number of nitrogens with one attached hydrogen (secondary N) is 1. The number of hydrogen-bond acceptors (Lipinski definition) is 4. The van der Waals surface area contributed by atoms with Gasteiger partial charge in [-0.15, -0.1) is 0 Å². The van der Waals surface area contributed by atoms with Crippen LogP contribution in [0.25, 0.3) is 0 Å². The second-order valence-electron chi connectivity index (χ2n) is 5.77. The molecule has 1 fully saturated rings. The van der Waals surface area contributed by atoms with E-state index in [2.05, 4.69) is 10.2 Å². The number of carbonyl (C=O) groups excluding carboxylic acids is 2. The van der Waals surface area contributed by atoms with Gasteiger partial charge in [0, 0.05) is 51.8 Å². The molecule has 0 saturated carbocycles. The third kappa shape index (κ3) is 6.25. The fourth-order valence-electron chi connectivity index (χ4n) is 2.51. The molecule has 2 rings (SSSR count). The van der Waals surface area contributed by atoms with E-state index in [1.54, 1.807) is 4.90 Å². The molecule has 24 heavy (non-hydrogen) atoms. The molecule has 7 heteroatoms. The smallest absolute Gasteiger partial charge is 0.226 e. The van der Waals surface area contributed by atoms with Crippen molar-refractivity contribution in [3.8, 4) is 0 Å². The van der Waals surface area contributed by atoms with E-state index in [1.807, 2.05) is 0 Å². The molecule has 0 unspecified atom stereocenters. The molecule has 0 spiro atoms. The van der Waals surface area contributed by atoms with Crippen molar-refractivity contribution in [3.05, 3.63) is 30.1 Å². The highest BCUT2D eigenvalue weighted by atomic mass is 19.1. The summed E-state index contributed by atoms with van der Waals surface area (Å²) in [5.41, 5.74) is 0.545. The minimum Gasteiger partial charge on any atom is -0.379 e. The lowest BCUT2D eigenvalue weighted by atomic mass is 10.3. The number of nitrogens with zero attached hydrogens (tertiary/aromatic N) is 2. The van der Waals surface area contributed by atoms with Gasteiger partial charge in [-0.2, -0.15) is 0 Å². The largest absolute Gasteiger partial charge is 0.379 e. The molecule has 6 nitrogen and oxygen atoms in total. The zero-order valence-electron chi connectivity index (χ0n) is 14.0. The number of halogens is 1. The van der Waals surface area contributed by atoms with E-state index in [4.69, 9.17) is 4.74 Å². The molecule has 0 aliphatic carbocycles. The van der Waals surface area contributed by atoms with Gasteiger partial charge in [-0.25, -0.2) is 4.39 Å². The minimum absolute atomic E-state index is 0.0437. The highest BCUT2D eigenvalue weighted by Crippen LogP contribution is 2.09. The van der Waals surface area contributed by atoms with Crippen LogP contribution in [0.1, 0.15) is 13.3 Å². The van der Waals surface area contributed by atoms with Gasteiger partial charge < -0.3 is 15.0 Å². The number of anilines is 1. The van der Waals surface area contributed by atoms with Gasteiger partial charge in [-0.1, -0.05) is 0 Å². The molecule has 0 radical (unpaired) electrons. The van der Waals surface area contributed by atoms with E-state index in [9.17, 15) is 14.0 Å². The Balaban J connectivity index is 1.74. The van der Waals surface area contributed by atoms with E-state index in [0.29, 0.717) is 18.8 Å². The monoisotopic (exact) mass is 337 g/mol. The molecule has 2 amide bonds. The van der Waals surface area contributed by atoms with Gasteiger partial charge in [0.15, 0.2) is 0 Å². The molecule has 132 valence electrons. The van der Waals surface area contributed by atoms with Crippen LogP contribution in [0.2, 0.25) is 0 Å². The normalized spacial score (nSPS) is 15.1. The summed E-state index contributed by atoms with van der Waals surface area (Å²) < 4.78 is 18.1. The first kappa shape index (κ1) is 18.4. The van der Waals surface area contributed by atoms with Crippen molar-refractivity contribution in [2.24, 2.45) is 0 Å². The van der Waals surface area contributed by atoms with Crippen LogP contribution in [-0.2, 0) is 14.3 Å². The van der Waals surface area contributed by atoms with Crippen molar-refractivity contribution in [3.63, 3.8) is 0 Å². The summed E-state index contributed by atoms with van der Waals surface area (Å²) in [6.07, 6.45) is 0.208. The first-order chi connectivity index (χ1) is 11.5. The van der Waals surface area contributed by atoms with Crippen molar-refractivity contribution in [1.82, 2.24) is 9.80 Å². The first-order valence-electron chi connectivity index (χ1n) is 8.15. The van der Waals surface area contributed by atoms with Crippen LogP contribution >= 0.6 is 0 Å². The number of amides is 2. The fraction of sp³-hybridized carbons (Fsp3) is 0.529. The van der Waals surface area contributed by atoms with Crippen molar-refractivity contribution in [2.45, 2.75) is 13.3 Å². The maximum Gasteiger partial charge on any atom is 0.226 e. The van der Waals surface area contributed by atoms with Gasteiger partial charge in [0.1, 0.15) is 5.82 Å². The second-order valence-corrected chi connectivity index (χ2v) is 5.77. The summed E-state index contributed by atoms with van der Waals surface area (Å²) in [7, 11) is 0. The zero-order valence-corrected chi connectivity index (χ0v) is 14.0. The topological polar surface area (TPSA) is 61.9 Å². The molecule has 1 saturated heterocycles. The van der Waals surface area contributed by atoms with Crippen molar-refractivity contribution in [1.29, 1.82) is 0 Å². The molecule has 1 heterocycles. The standard InChI is InChI=1S/C17H24FN3O3/c1-14(22)21(9-8-20-10-12-24-13-11-20)7-6-17(23)19-16-4-2-15(18)3-5-16/h2-5H,6-13H2,1H3,(H,19,23). The van der Waals surface area contributed by atoms with Crippen LogP contribution < -0.4 is 5.32 Å². The average Bonchev–Trinajstić information content (AvgIpc) is 2.57. The minimum atomic E-state index is -0.348. The van der Waals surface area contributed by atoms with Crippen LogP contribution in [0.15, 0.2) is 24.3 Å². The van der Waals surface area contributed by atoms with E-state index < -0.39 is 0 Å². The van der Waals surface area contributed by atoms with E-state index in [1.165, 1.54) is 31.2 Å². The molecule has 0 atom stereocenters. The molecule has 0 aromatic heterocycles. The fourth-order valence-corrected chi connectivity index (χ4v) is 2.51. The van der Waals surface area contributed by atoms with Gasteiger partial charge in [-0.3, -0.25) is 14.5 Å². The van der Waals surface area contributed by atoms with Gasteiger partial charge in [0.25, 0.3) is 0 Å². The number of hydrogen-bond donors (Lipinski definition) is 1. The third-order valence-corrected chi connectivity index (χ3v) is 3.97. The summed E-state index contributed by atoms with van der Waals surface area (Å²) in [4.78, 5) is 27.6. The number of benzene rings is 1. The Morgan fingerprint density at radius 3 is 2.50 bits per heavy atom. The van der Waals surface area contributed by atoms with Gasteiger partial charge in [-0.05, 0) is 24.3 Å². The molecular weight excluding hydrogens is 313 g/mol. The van der Waals surface area contributed by atoms with Gasteiger partial charge in [0.2, 0.25) is 11.8 Å². The second kappa shape index (κ2) is 9.34. The Morgan fingerprint density at radius 1 is 1.21 bits per heavy atom. The lowest BCUT2D eigenvalue weighted by Crippen LogP contribution is -2.43. The Kier molecular flexibility index (Phi) is 7.14. The number of ether oxygens (including phenoxy) is 1. The summed E-state index contributed by atoms with van der Waals surface area (Å²) in [5.74, 6) is -0.587. The summed E-state index contributed by atoms with van der Waals surface area (Å²) in [6, 6.07) is 5.60. The van der Waals surface area contributed by atoms with E-state index in [0.717, 1.165) is 32.8 Å². The average molecular weight is 337 g/mol. The number of morpholine rings is 1. The highest BCUT2D eigenvalue weighted by molar-refractivity contribution is 5.91. The first-order valence-corrected chi connectivity index (χ1v) is 8.15. The molecule has 1 aliphatic rings. The Hall–Kier alpha value is -1.99. The summed E-state index contributed by atoms with van der Waals surface area (Å²) in [6.45, 7) is 6.44. The molecule has 1 N–H and O–H groups in total. The van der Waals surface area contributed by atoms with Crippen LogP contribution in [-0.4, -0.2) is 67.6 Å². The van der Waals surface area contributed by atoms with Crippen LogP contribution in [0.4, 0.5) is 10.1 Å². The quantitative estimate of drug-likeness (QED) is 0.815. The van der Waals surface area contributed by atoms with E-state index in [-0.39, 0.29) is 24.1 Å². The molecule has 1 aliphatic heterocycles. The Labute approximate surface area is 141 Å². The van der Waals surface area contributed by atoms with Gasteiger partial charge in [0.05, 0.1) is 13.2 Å². The summed E-state index contributed by atoms with van der Waals surface area (Å²) >= 11 is 0. The zero-order chi connectivity index (χ0) is 17.4. The van der Waals surface area contributed by atoms with Crippen molar-refractivity contribution in [2.75, 3.05) is 51.3 Å². The maximum atomic E-state index is 12.8. The highest BCUT2D eigenvalue weighted by Gasteiger charge is 2.15. The van der Waals surface area contributed by atoms with Gasteiger partial charge >= 0.3 is 0 Å². The molecule has 1 aromatic carbocycles. The van der Waals surface area contributed by atoms with Crippen molar-refractivity contribution < 1.29 is 18.7 Å². The molecular formula is C17H24FN3O3. The predicted octanol–water partition coefficient (Wildman–Crippen LogP) is 1.34. The molecule has 0 bridgehead atoms. The lowest BCUT2D eigenvalue weighted by molar-refractivity contribution is -0.129.